The van der Waals surface area contributed by atoms with Crippen molar-refractivity contribution in [2.75, 3.05) is 0 Å². The number of carbonyl (C=O) groups is 2. The molecule has 4 rings (SSSR count). The van der Waals surface area contributed by atoms with Crippen molar-refractivity contribution in [2.24, 2.45) is 5.10 Å². The Morgan fingerprint density at radius 1 is 1.04 bits per heavy atom. The highest BCUT2D eigenvalue weighted by molar-refractivity contribution is 6.25. The van der Waals surface area contributed by atoms with Gasteiger partial charge in [-0.05, 0) is 29.0 Å². The van der Waals surface area contributed by atoms with Crippen LogP contribution in [0.1, 0.15) is 38.8 Å². The van der Waals surface area contributed by atoms with Crippen molar-refractivity contribution >= 4 is 34.5 Å². The highest BCUT2D eigenvalue weighted by Gasteiger charge is 2.34. The second-order valence-corrected chi connectivity index (χ2v) is 6.42. The van der Waals surface area contributed by atoms with E-state index in [-0.39, 0.29) is 11.3 Å². The van der Waals surface area contributed by atoms with E-state index in [2.05, 4.69) is 5.10 Å². The lowest BCUT2D eigenvalue weighted by Crippen LogP contribution is -2.36. The van der Waals surface area contributed by atoms with Crippen LogP contribution in [0.4, 0.5) is 5.69 Å². The first-order valence-electron chi connectivity index (χ1n) is 8.72. The summed E-state index contributed by atoms with van der Waals surface area (Å²) in [5, 5.41) is 16.9. The maximum absolute atomic E-state index is 12.9. The third-order valence-electron chi connectivity index (χ3n) is 4.73. The monoisotopic (exact) mass is 373 g/mol. The number of aryl methyl sites for hydroxylation is 1. The molecule has 0 fully saturated rings. The highest BCUT2D eigenvalue weighted by atomic mass is 16.6. The Balaban J connectivity index is 1.78. The van der Waals surface area contributed by atoms with Crippen LogP contribution in [0.15, 0.2) is 59.7 Å². The van der Waals surface area contributed by atoms with Crippen LogP contribution >= 0.6 is 0 Å². The van der Waals surface area contributed by atoms with Gasteiger partial charge in [0.15, 0.2) is 0 Å². The lowest BCUT2D eigenvalue weighted by molar-refractivity contribution is -0.384. The molecule has 0 N–H and O–H groups in total. The third kappa shape index (κ3) is 2.83. The Hall–Kier alpha value is -3.87. The molecule has 0 bridgehead atoms. The van der Waals surface area contributed by atoms with Crippen LogP contribution in [-0.4, -0.2) is 28.0 Å². The van der Waals surface area contributed by atoms with E-state index in [9.17, 15) is 19.7 Å². The maximum Gasteiger partial charge on any atom is 0.282 e. The van der Waals surface area contributed by atoms with Gasteiger partial charge in [-0.15, -0.1) is 0 Å². The summed E-state index contributed by atoms with van der Waals surface area (Å²) in [4.78, 5) is 36.3. The number of hydrogen-bond acceptors (Lipinski definition) is 5. The number of nitrogens with zero attached hydrogens (tertiary/aromatic N) is 3. The zero-order valence-corrected chi connectivity index (χ0v) is 15.0. The van der Waals surface area contributed by atoms with Crippen molar-refractivity contribution < 1.29 is 14.5 Å². The second kappa shape index (κ2) is 6.70. The van der Waals surface area contributed by atoms with Crippen LogP contribution in [0.25, 0.3) is 10.8 Å². The predicted octanol–water partition coefficient (Wildman–Crippen LogP) is 3.94. The number of imide groups is 1. The lowest BCUT2D eigenvalue weighted by Gasteiger charge is -2.22. The molecule has 0 unspecified atom stereocenters. The summed E-state index contributed by atoms with van der Waals surface area (Å²) in [5.74, 6) is -1.24. The predicted molar refractivity (Wildman–Crippen MR) is 105 cm³/mol. The quantitative estimate of drug-likeness (QED) is 0.300. The van der Waals surface area contributed by atoms with Crippen LogP contribution in [0.5, 0.6) is 0 Å². The van der Waals surface area contributed by atoms with Crippen molar-refractivity contribution in [3.63, 3.8) is 0 Å². The Bertz CT molecular complexity index is 1170. The van der Waals surface area contributed by atoms with Gasteiger partial charge >= 0.3 is 0 Å². The van der Waals surface area contributed by atoms with E-state index in [4.69, 9.17) is 0 Å². The normalized spacial score (nSPS) is 13.5. The number of hydrazone groups is 1. The number of nitro groups is 1. The molecule has 0 saturated heterocycles. The first kappa shape index (κ1) is 17.5. The fourth-order valence-electron chi connectivity index (χ4n) is 3.25. The molecule has 0 saturated carbocycles. The maximum atomic E-state index is 12.9. The molecule has 1 aliphatic heterocycles. The minimum atomic E-state index is -0.682. The Kier molecular flexibility index (Phi) is 4.19. The van der Waals surface area contributed by atoms with Gasteiger partial charge in [0.1, 0.15) is 0 Å². The van der Waals surface area contributed by atoms with E-state index < -0.39 is 16.7 Å². The number of hydrogen-bond donors (Lipinski definition) is 0. The van der Waals surface area contributed by atoms with E-state index in [0.29, 0.717) is 16.3 Å². The number of non-ortho nitro benzene ring substituents is 1. The summed E-state index contributed by atoms with van der Waals surface area (Å²) in [7, 11) is 0. The van der Waals surface area contributed by atoms with Crippen molar-refractivity contribution in [1.29, 1.82) is 0 Å². The van der Waals surface area contributed by atoms with Crippen LogP contribution < -0.4 is 0 Å². The molecule has 3 aromatic carbocycles. The average Bonchev–Trinajstić information content (AvgIpc) is 2.71. The first-order chi connectivity index (χ1) is 13.5. The van der Waals surface area contributed by atoms with Gasteiger partial charge in [0, 0.05) is 17.5 Å². The summed E-state index contributed by atoms with van der Waals surface area (Å²) in [5.41, 5.74) is 2.08. The molecular weight excluding hydrogens is 358 g/mol. The topological polar surface area (TPSA) is 92.9 Å². The molecule has 0 aromatic heterocycles. The number of amides is 2. The van der Waals surface area contributed by atoms with E-state index >= 15 is 0 Å². The third-order valence-corrected chi connectivity index (χ3v) is 4.73. The van der Waals surface area contributed by atoms with E-state index in [1.165, 1.54) is 18.3 Å². The summed E-state index contributed by atoms with van der Waals surface area (Å²) < 4.78 is 0. The zero-order chi connectivity index (χ0) is 19.8. The lowest BCUT2D eigenvalue weighted by atomic mass is 9.94. The fraction of sp³-hybridized carbons (Fsp3) is 0.0952. The van der Waals surface area contributed by atoms with Crippen molar-refractivity contribution in [1.82, 2.24) is 5.01 Å². The Morgan fingerprint density at radius 3 is 2.43 bits per heavy atom. The average molecular weight is 373 g/mol. The smallest absolute Gasteiger partial charge is 0.267 e. The molecule has 0 spiro atoms. The van der Waals surface area contributed by atoms with Crippen molar-refractivity contribution in [3.05, 3.63) is 87.0 Å². The minimum absolute atomic E-state index is 0.0953. The second-order valence-electron chi connectivity index (χ2n) is 6.42. The number of nitro benzene ring substituents is 1. The Labute approximate surface area is 160 Å². The van der Waals surface area contributed by atoms with Crippen LogP contribution in [-0.2, 0) is 6.42 Å². The molecule has 3 aromatic rings. The van der Waals surface area contributed by atoms with Gasteiger partial charge in [-0.25, -0.2) is 0 Å². The number of benzene rings is 3. The largest absolute Gasteiger partial charge is 0.282 e. The van der Waals surface area contributed by atoms with Crippen molar-refractivity contribution in [3.8, 4) is 0 Å². The molecule has 2 amide bonds. The van der Waals surface area contributed by atoms with Gasteiger partial charge in [-0.3, -0.25) is 19.7 Å². The molecule has 0 atom stereocenters. The van der Waals surface area contributed by atoms with Gasteiger partial charge in [0.25, 0.3) is 17.5 Å². The molecular formula is C21H15N3O4. The SMILES string of the molecule is CCc1ccc(/C=N\N2C(=O)c3cccc4cc([N+](=O)[O-])cc(c34)C2=O)cc1. The standard InChI is InChI=1S/C21H15N3O4/c1-2-13-6-8-14(9-7-13)12-22-23-20(25)17-5-3-4-15-10-16(24(27)28)11-18(19(15)17)21(23)26/h3-12H,2H2,1H3/b22-12-. The summed E-state index contributed by atoms with van der Waals surface area (Å²) >= 11 is 0. The molecule has 1 aliphatic rings. The molecule has 7 nitrogen and oxygen atoms in total. The molecule has 0 aliphatic carbocycles. The summed E-state index contributed by atoms with van der Waals surface area (Å²) in [6, 6.07) is 15.0. The van der Waals surface area contributed by atoms with Crippen LogP contribution in [0.3, 0.4) is 0 Å². The van der Waals surface area contributed by atoms with Gasteiger partial charge in [0.2, 0.25) is 0 Å². The van der Waals surface area contributed by atoms with Gasteiger partial charge in [-0.2, -0.15) is 10.1 Å². The van der Waals surface area contributed by atoms with E-state index in [1.807, 2.05) is 31.2 Å². The van der Waals surface area contributed by atoms with Gasteiger partial charge in [0.05, 0.1) is 22.3 Å². The first-order valence-corrected chi connectivity index (χ1v) is 8.72. The fourth-order valence-corrected chi connectivity index (χ4v) is 3.25. The van der Waals surface area contributed by atoms with E-state index in [0.717, 1.165) is 22.6 Å². The highest BCUT2D eigenvalue weighted by Crippen LogP contribution is 2.33. The summed E-state index contributed by atoms with van der Waals surface area (Å²) in [6.07, 6.45) is 2.33. The van der Waals surface area contributed by atoms with Gasteiger partial charge in [-0.1, -0.05) is 43.3 Å². The Morgan fingerprint density at radius 2 is 1.75 bits per heavy atom. The van der Waals surface area contributed by atoms with E-state index in [1.54, 1.807) is 18.2 Å². The number of carbonyl (C=O) groups excluding carboxylic acids is 2. The molecule has 28 heavy (non-hydrogen) atoms. The minimum Gasteiger partial charge on any atom is -0.267 e. The van der Waals surface area contributed by atoms with Gasteiger partial charge < -0.3 is 0 Å². The van der Waals surface area contributed by atoms with Crippen LogP contribution in [0, 0.1) is 10.1 Å². The number of rotatable bonds is 4. The molecule has 138 valence electrons. The van der Waals surface area contributed by atoms with Crippen LogP contribution in [0.2, 0.25) is 0 Å². The molecule has 0 radical (unpaired) electrons. The molecule has 7 heteroatoms. The zero-order valence-electron chi connectivity index (χ0n) is 15.0. The molecule has 1 heterocycles. The summed E-state index contributed by atoms with van der Waals surface area (Å²) in [6.45, 7) is 2.05. The van der Waals surface area contributed by atoms with Crippen molar-refractivity contribution in [2.45, 2.75) is 13.3 Å².